The summed E-state index contributed by atoms with van der Waals surface area (Å²) in [5.41, 5.74) is 18.6. The van der Waals surface area contributed by atoms with E-state index < -0.39 is 0 Å². The molecule has 13 aromatic carbocycles. The van der Waals surface area contributed by atoms with Gasteiger partial charge in [0.15, 0.2) is 5.78 Å². The number of aromatic nitrogens is 12. The van der Waals surface area contributed by atoms with Crippen molar-refractivity contribution in [1.29, 1.82) is 0 Å². The first-order valence-corrected chi connectivity index (χ1v) is 37.0. The van der Waals surface area contributed by atoms with E-state index in [4.69, 9.17) is 20.1 Å². The van der Waals surface area contributed by atoms with Gasteiger partial charge in [-0.1, -0.05) is 157 Å². The number of ketones is 1. The molecule has 0 fully saturated rings. The molecule has 1 N–H and O–H groups in total. The average Bonchev–Trinajstić information content (AvgIpc) is 1.56. The van der Waals surface area contributed by atoms with Crippen molar-refractivity contribution in [3.8, 4) is 73.9 Å². The molecule has 120 heavy (non-hydrogen) atoms. The second-order valence-corrected chi connectivity index (χ2v) is 25.9. The van der Waals surface area contributed by atoms with E-state index >= 15 is 0 Å². The van der Waals surface area contributed by atoms with Crippen molar-refractivity contribution in [2.75, 3.05) is 0 Å². The fourth-order valence-corrected chi connectivity index (χ4v) is 13.2. The predicted molar refractivity (Wildman–Crippen MR) is 459 cm³/mol. The van der Waals surface area contributed by atoms with Gasteiger partial charge in [0.25, 0.3) is 0 Å². The molecular formula is C100H72Ir6N12O2-6. The smallest absolute Gasteiger partial charge is 0.155 e. The molecule has 6 radical (unpaired) electrons. The number of aliphatic hydroxyl groups excluding tert-OH is 1. The van der Waals surface area contributed by atoms with Crippen LogP contribution in [0.3, 0.4) is 0 Å². The molecule has 0 bridgehead atoms. The molecule has 8 aromatic heterocycles. The first-order valence-electron chi connectivity index (χ1n) is 37.0. The molecule has 14 nitrogen and oxygen atoms in total. The van der Waals surface area contributed by atoms with Gasteiger partial charge in [-0.05, 0) is 133 Å². The van der Waals surface area contributed by atoms with Gasteiger partial charge >= 0.3 is 0 Å². The maximum atomic E-state index is 10.0. The third-order valence-corrected chi connectivity index (χ3v) is 18.2. The Labute approximate surface area is 776 Å². The van der Waals surface area contributed by atoms with Crippen LogP contribution in [0.2, 0.25) is 0 Å². The van der Waals surface area contributed by atoms with Crippen molar-refractivity contribution in [3.05, 3.63) is 431 Å². The molecule has 0 aliphatic carbocycles. The minimum atomic E-state index is -0.125. The minimum Gasteiger partial charge on any atom is -0.574 e. The van der Waals surface area contributed by atoms with E-state index in [0.717, 1.165) is 118 Å². The Bertz CT molecular complexity index is 6510. The molecule has 604 valence electrons. The minimum absolute atomic E-state index is 0. The fraction of sp³-hybridized carbons (Fsp3) is 0.0200. The molecule has 0 aliphatic heterocycles. The van der Waals surface area contributed by atoms with Gasteiger partial charge in [0, 0.05) is 186 Å². The van der Waals surface area contributed by atoms with Crippen molar-refractivity contribution in [3.63, 3.8) is 0 Å². The van der Waals surface area contributed by atoms with Crippen molar-refractivity contribution in [2.45, 2.75) is 13.8 Å². The van der Waals surface area contributed by atoms with Crippen LogP contribution in [0.4, 0.5) is 0 Å². The molecule has 0 spiro atoms. The average molecular weight is 2630 g/mol. The summed E-state index contributed by atoms with van der Waals surface area (Å²) < 4.78 is 8.66. The molecule has 0 unspecified atom stereocenters. The van der Waals surface area contributed by atoms with Crippen LogP contribution in [-0.2, 0) is 125 Å². The normalized spacial score (nSPS) is 10.3. The number of carbonyl (C=O) groups excluding carboxylic acids is 1. The van der Waals surface area contributed by atoms with E-state index in [-0.39, 0.29) is 132 Å². The number of benzene rings is 13. The molecular weight excluding hydrogens is 2550 g/mol. The van der Waals surface area contributed by atoms with Crippen LogP contribution in [0, 0.1) is 30.3 Å². The Hall–Kier alpha value is -11.6. The van der Waals surface area contributed by atoms with E-state index in [1.54, 1.807) is 12.4 Å². The Balaban J connectivity index is 0.000000161. The van der Waals surface area contributed by atoms with Crippen LogP contribution >= 0.6 is 0 Å². The zero-order chi connectivity index (χ0) is 77.6. The van der Waals surface area contributed by atoms with E-state index in [0.29, 0.717) is 0 Å². The van der Waals surface area contributed by atoms with Gasteiger partial charge in [0.2, 0.25) is 0 Å². The molecule has 20 heteroatoms. The topological polar surface area (TPSA) is 161 Å². The van der Waals surface area contributed by atoms with Crippen molar-refractivity contribution >= 4 is 77.0 Å². The van der Waals surface area contributed by atoms with Gasteiger partial charge in [0.1, 0.15) is 0 Å². The number of pyridine rings is 3. The maximum absolute atomic E-state index is 10.0. The summed E-state index contributed by atoms with van der Waals surface area (Å²) in [6, 6.07) is 136. The third kappa shape index (κ3) is 22.4. The van der Waals surface area contributed by atoms with Crippen molar-refractivity contribution < 1.29 is 131 Å². The number of allylic oxidation sites excluding steroid dienone is 2. The summed E-state index contributed by atoms with van der Waals surface area (Å²) in [4.78, 5) is 37.4. The first-order chi connectivity index (χ1) is 56.3. The van der Waals surface area contributed by atoms with Crippen molar-refractivity contribution in [2.24, 2.45) is 0 Å². The summed E-state index contributed by atoms with van der Waals surface area (Å²) in [6.07, 6.45) is 10.2. The monoisotopic (exact) mass is 2630 g/mol. The van der Waals surface area contributed by atoms with Crippen molar-refractivity contribution in [1.82, 2.24) is 58.2 Å². The number of rotatable bonds is 9. The van der Waals surface area contributed by atoms with Gasteiger partial charge < -0.3 is 38.4 Å². The molecule has 0 saturated carbocycles. The molecule has 0 amide bonds. The number of para-hydroxylation sites is 10. The summed E-state index contributed by atoms with van der Waals surface area (Å²) >= 11 is 0. The van der Waals surface area contributed by atoms with Crippen LogP contribution in [0.15, 0.2) is 401 Å². The SMILES string of the molecule is CC(=O)C=C(C)O.[Ir].[Ir].[Ir].[Ir].[Ir].[Ir].[c-]1cccc2c1c1nc3ccccc3n1c1ccccc21.[c-]1ccccc1-c1nc2ccccc2n1-c1ccccc1.[c-]1ccccc1-c1nc2ccccc2n1-c1ccccc1.[c-]1ccccc1-c1nccc2ccccc12.[c-]1ccccc1-c1nccn1-c1ccccc1.c1ccc(-c2ccn[n-]2)nc1. The number of aliphatic hydroxyl groups is 1. The fourth-order valence-electron chi connectivity index (χ4n) is 13.2. The molecule has 0 atom stereocenters. The van der Waals surface area contributed by atoms with Gasteiger partial charge in [0.05, 0.1) is 62.0 Å². The second kappa shape index (κ2) is 46.1. The third-order valence-electron chi connectivity index (χ3n) is 18.2. The Morgan fingerprint density at radius 2 is 0.808 bits per heavy atom. The number of carbonyl (C=O) groups is 1. The number of hydrogen-bond donors (Lipinski definition) is 1. The maximum Gasteiger partial charge on any atom is 0.155 e. The zero-order valence-electron chi connectivity index (χ0n) is 64.2. The summed E-state index contributed by atoms with van der Waals surface area (Å²) in [7, 11) is 0. The number of hydrogen-bond acceptors (Lipinski definition) is 9. The van der Waals surface area contributed by atoms with E-state index in [2.05, 4.69) is 183 Å². The Morgan fingerprint density at radius 1 is 0.358 bits per heavy atom. The van der Waals surface area contributed by atoms with Crippen LogP contribution in [0.5, 0.6) is 0 Å². The molecule has 21 rings (SSSR count). The van der Waals surface area contributed by atoms with E-state index in [1.165, 1.54) is 47.0 Å². The van der Waals surface area contributed by atoms with Gasteiger partial charge in [-0.2, -0.15) is 0 Å². The first kappa shape index (κ1) is 92.2. The molecule has 0 aliphatic rings. The predicted octanol–water partition coefficient (Wildman–Crippen LogP) is 22.7. The second-order valence-electron chi connectivity index (χ2n) is 25.9. The standard InChI is InChI=1S/C19H11N2.2C19H13N2.C15H11N2.C15H10N.C8H6N3.C5H8O2.6Ir/c1-2-9-15-13(7-1)14-8-3-5-11-17(14)21-18-12-6-4-10-16(18)20-19(15)21;2*1-3-9-15(10-4-1)19-20-17-13-7-8-14-18(17)21(19)16-11-5-2-6-12-16;1-3-7-13(8-4-1)15-16-11-12-17(15)14-9-5-2-6-10-14;1-2-7-13(8-3-1)15-14-9-5-4-6-12(14)10-11-16-15;1-2-5-9-7(3-1)8-4-6-10-11-8;1-4(6)3-5(2)7;;;;;;/h1-8,10-12H;2*1-9,11-14H;1-7,9-12H;1-7,9-11H;1-6H;3,6H,1-2H3;;;;;;/q6*-1;;;;;;;. The molecule has 8 heterocycles. The van der Waals surface area contributed by atoms with Gasteiger partial charge in [-0.25, -0.2) is 0 Å². The van der Waals surface area contributed by atoms with Gasteiger partial charge in [-0.15, -0.1) is 173 Å². The van der Waals surface area contributed by atoms with Crippen LogP contribution in [0.25, 0.3) is 145 Å². The molecule has 0 saturated heterocycles. The Morgan fingerprint density at radius 3 is 1.31 bits per heavy atom. The van der Waals surface area contributed by atoms with Crippen LogP contribution < -0.4 is 5.10 Å². The van der Waals surface area contributed by atoms with Gasteiger partial charge in [-0.3, -0.25) is 29.7 Å². The number of nitrogens with zero attached hydrogens (tertiary/aromatic N) is 12. The molecule has 21 aromatic rings. The summed E-state index contributed by atoms with van der Waals surface area (Å²) in [6.45, 7) is 2.85. The number of imidazole rings is 4. The zero-order valence-corrected chi connectivity index (χ0v) is 78.6. The quantitative estimate of drug-likeness (QED) is 0.0637. The van der Waals surface area contributed by atoms with Crippen LogP contribution in [-0.4, -0.2) is 64.0 Å². The van der Waals surface area contributed by atoms with E-state index in [1.807, 2.05) is 267 Å². The Kier molecular flexibility index (Phi) is 35.4. The summed E-state index contributed by atoms with van der Waals surface area (Å²) in [5, 5.41) is 21.8. The van der Waals surface area contributed by atoms with Crippen LogP contribution in [0.1, 0.15) is 13.8 Å². The summed E-state index contributed by atoms with van der Waals surface area (Å²) in [5.74, 6) is 2.69. The number of fused-ring (bicyclic) bond motifs is 11. The largest absolute Gasteiger partial charge is 0.574 e. The van der Waals surface area contributed by atoms with E-state index in [9.17, 15) is 4.79 Å².